The highest BCUT2D eigenvalue weighted by atomic mass is 16.7. The highest BCUT2D eigenvalue weighted by Gasteiger charge is 2.47. The molecule has 6 nitrogen and oxygen atoms in total. The molecule has 148 valence electrons. The average Bonchev–Trinajstić information content (AvgIpc) is 3.51. The van der Waals surface area contributed by atoms with Crippen molar-refractivity contribution in [1.82, 2.24) is 4.48 Å². The first-order valence-electron chi connectivity index (χ1n) is 9.86. The van der Waals surface area contributed by atoms with Gasteiger partial charge in [-0.15, -0.1) is 0 Å². The Morgan fingerprint density at radius 1 is 1.07 bits per heavy atom. The van der Waals surface area contributed by atoms with Crippen LogP contribution in [0.1, 0.15) is 12.8 Å². The first-order chi connectivity index (χ1) is 14.2. The number of fused-ring (bicyclic) bond motifs is 1. The van der Waals surface area contributed by atoms with Gasteiger partial charge in [-0.3, -0.25) is 0 Å². The number of nitrogens with two attached hydrogens (primary N) is 1. The van der Waals surface area contributed by atoms with Gasteiger partial charge in [0.25, 0.3) is 0 Å². The Morgan fingerprint density at radius 2 is 1.83 bits per heavy atom. The molecule has 1 atom stereocenters. The first kappa shape index (κ1) is 18.0. The molecule has 5 rings (SSSR count). The molecule has 0 saturated heterocycles. The fraction of sp³-hybridized carbons (Fsp3) is 0.261. The molecule has 0 radical (unpaired) electrons. The van der Waals surface area contributed by atoms with Crippen molar-refractivity contribution in [1.29, 1.82) is 0 Å². The van der Waals surface area contributed by atoms with Gasteiger partial charge in [-0.25, -0.2) is 4.79 Å². The van der Waals surface area contributed by atoms with E-state index in [-0.39, 0.29) is 23.1 Å². The molecule has 1 saturated carbocycles. The van der Waals surface area contributed by atoms with Crippen LogP contribution in [0.25, 0.3) is 0 Å². The molecule has 0 spiro atoms. The van der Waals surface area contributed by atoms with E-state index in [2.05, 4.69) is 0 Å². The summed E-state index contributed by atoms with van der Waals surface area (Å²) < 4.78 is 16.9. The summed E-state index contributed by atoms with van der Waals surface area (Å²) in [6, 6.07) is 13.2. The summed E-state index contributed by atoms with van der Waals surface area (Å²) in [5, 5.41) is 0. The third kappa shape index (κ3) is 3.30. The number of hydrogen-bond acceptors (Lipinski definition) is 5. The van der Waals surface area contributed by atoms with Gasteiger partial charge in [0.1, 0.15) is 29.9 Å². The van der Waals surface area contributed by atoms with E-state index in [0.29, 0.717) is 30.3 Å². The zero-order valence-corrected chi connectivity index (χ0v) is 16.0. The summed E-state index contributed by atoms with van der Waals surface area (Å²) in [5.41, 5.74) is 7.77. The van der Waals surface area contributed by atoms with Crippen molar-refractivity contribution < 1.29 is 19.0 Å². The molecule has 2 aromatic rings. The highest BCUT2D eigenvalue weighted by Crippen LogP contribution is 2.40. The van der Waals surface area contributed by atoms with Crippen LogP contribution in [0, 0.1) is 5.92 Å². The molecular formula is C23H23N2O4+. The zero-order valence-electron chi connectivity index (χ0n) is 16.0. The molecule has 6 heteroatoms. The number of carbonyl (C=O) groups is 1. The molecular weight excluding hydrogens is 368 g/mol. The van der Waals surface area contributed by atoms with Crippen LogP contribution in [0.3, 0.4) is 0 Å². The van der Waals surface area contributed by atoms with Crippen molar-refractivity contribution in [3.05, 3.63) is 66.4 Å². The average molecular weight is 391 g/mol. The van der Waals surface area contributed by atoms with Gasteiger partial charge >= 0.3 is 5.91 Å². The molecule has 1 amide bonds. The van der Waals surface area contributed by atoms with E-state index in [0.717, 1.165) is 29.9 Å². The van der Waals surface area contributed by atoms with E-state index in [1.807, 2.05) is 60.8 Å². The van der Waals surface area contributed by atoms with Gasteiger partial charge in [-0.1, -0.05) is 6.08 Å². The van der Waals surface area contributed by atoms with Crippen molar-refractivity contribution in [2.24, 2.45) is 11.7 Å². The van der Waals surface area contributed by atoms with Crippen LogP contribution in [-0.4, -0.2) is 25.8 Å². The molecule has 2 N–H and O–H groups in total. The lowest BCUT2D eigenvalue weighted by molar-refractivity contribution is -0.129. The second kappa shape index (κ2) is 7.06. The van der Waals surface area contributed by atoms with E-state index in [1.165, 1.54) is 0 Å². The maximum absolute atomic E-state index is 13.2. The first-order valence-corrected chi connectivity index (χ1v) is 9.86. The minimum absolute atomic E-state index is 0.140. The Bertz CT molecular complexity index is 1010. The van der Waals surface area contributed by atoms with Gasteiger partial charge in [-0.05, 0) is 43.2 Å². The lowest BCUT2D eigenvalue weighted by Gasteiger charge is -2.33. The van der Waals surface area contributed by atoms with Crippen LogP contribution in [0.15, 0.2) is 66.4 Å². The second-order valence-electron chi connectivity index (χ2n) is 7.59. The predicted molar refractivity (Wildman–Crippen MR) is 110 cm³/mol. The maximum Gasteiger partial charge on any atom is 0.326 e. The van der Waals surface area contributed by atoms with E-state index in [4.69, 9.17) is 19.9 Å². The summed E-state index contributed by atoms with van der Waals surface area (Å²) in [6.07, 6.45) is 8.00. The van der Waals surface area contributed by atoms with Crippen LogP contribution < -0.4 is 24.4 Å². The smallest absolute Gasteiger partial charge is 0.326 e. The highest BCUT2D eigenvalue weighted by molar-refractivity contribution is 5.94. The van der Waals surface area contributed by atoms with E-state index >= 15 is 0 Å². The summed E-state index contributed by atoms with van der Waals surface area (Å²) >= 11 is 0. The lowest BCUT2D eigenvalue weighted by Crippen LogP contribution is -2.52. The summed E-state index contributed by atoms with van der Waals surface area (Å²) in [4.78, 5) is 13.2. The largest absolute Gasteiger partial charge is 0.457 e. The Morgan fingerprint density at radius 3 is 2.59 bits per heavy atom. The van der Waals surface area contributed by atoms with Crippen molar-refractivity contribution in [3.63, 3.8) is 0 Å². The Labute approximate surface area is 169 Å². The SMILES string of the molecule is NCC1=C[N+](C(=O)C2CC2)(c2ccc(Oc3ccc4c(c3)OCO4)cc2)CC=C1. The van der Waals surface area contributed by atoms with Gasteiger partial charge in [0.2, 0.25) is 6.79 Å². The van der Waals surface area contributed by atoms with E-state index in [1.54, 1.807) is 0 Å². The molecule has 2 aromatic carbocycles. The number of rotatable bonds is 5. The Hall–Kier alpha value is -3.09. The fourth-order valence-electron chi connectivity index (χ4n) is 3.84. The Kier molecular flexibility index (Phi) is 4.38. The van der Waals surface area contributed by atoms with Crippen molar-refractivity contribution in [2.75, 3.05) is 19.9 Å². The Balaban J connectivity index is 1.42. The van der Waals surface area contributed by atoms with Crippen LogP contribution in [0.2, 0.25) is 0 Å². The van der Waals surface area contributed by atoms with Gasteiger partial charge < -0.3 is 19.9 Å². The lowest BCUT2D eigenvalue weighted by atomic mass is 10.1. The third-order valence-corrected chi connectivity index (χ3v) is 5.54. The molecule has 0 bridgehead atoms. The topological polar surface area (TPSA) is 70.8 Å². The standard InChI is InChI=1S/C23H23N2O4/c24-13-16-2-1-11-25(14-16,23(26)17-3-4-17)18-5-7-19(8-6-18)29-20-9-10-21-22(12-20)28-15-27-21/h1-2,5-10,12,14,17H,3-4,11,13,15,24H2/q+1. The molecule has 29 heavy (non-hydrogen) atoms. The van der Waals surface area contributed by atoms with Crippen LogP contribution >= 0.6 is 0 Å². The minimum Gasteiger partial charge on any atom is -0.457 e. The van der Waals surface area contributed by atoms with Crippen LogP contribution in [0.5, 0.6) is 23.0 Å². The maximum atomic E-state index is 13.2. The molecule has 0 aromatic heterocycles. The van der Waals surface area contributed by atoms with Crippen molar-refractivity contribution >= 4 is 11.6 Å². The second-order valence-corrected chi connectivity index (χ2v) is 7.59. The van der Waals surface area contributed by atoms with Crippen LogP contribution in [0.4, 0.5) is 5.69 Å². The van der Waals surface area contributed by atoms with Gasteiger partial charge in [0.05, 0.1) is 5.92 Å². The monoisotopic (exact) mass is 391 g/mol. The van der Waals surface area contributed by atoms with Crippen LogP contribution in [-0.2, 0) is 4.79 Å². The van der Waals surface area contributed by atoms with Gasteiger partial charge in [-0.2, -0.15) is 4.48 Å². The molecule has 2 heterocycles. The predicted octanol–water partition coefficient (Wildman–Crippen LogP) is 3.86. The van der Waals surface area contributed by atoms with Gasteiger partial charge in [0.15, 0.2) is 11.5 Å². The summed E-state index contributed by atoms with van der Waals surface area (Å²) in [7, 11) is 0. The molecule has 2 aliphatic heterocycles. The number of ether oxygens (including phenoxy) is 3. The molecule has 1 fully saturated rings. The fourth-order valence-corrected chi connectivity index (χ4v) is 3.84. The van der Waals surface area contributed by atoms with Gasteiger partial charge in [0, 0.05) is 30.3 Å². The third-order valence-electron chi connectivity index (χ3n) is 5.54. The van der Waals surface area contributed by atoms with E-state index in [9.17, 15) is 4.79 Å². The number of quaternary nitrogens is 1. The normalized spacial score (nSPS) is 22.3. The quantitative estimate of drug-likeness (QED) is 0.784. The molecule has 3 aliphatic rings. The molecule has 1 unspecified atom stereocenters. The van der Waals surface area contributed by atoms with E-state index < -0.39 is 0 Å². The number of nitrogens with zero attached hydrogens (tertiary/aromatic N) is 1. The summed E-state index contributed by atoms with van der Waals surface area (Å²) in [5.74, 6) is 3.15. The number of benzene rings is 2. The molecule has 1 aliphatic carbocycles. The van der Waals surface area contributed by atoms with Crippen molar-refractivity contribution in [2.45, 2.75) is 12.8 Å². The number of hydrogen-bond donors (Lipinski definition) is 1. The zero-order chi connectivity index (χ0) is 19.8. The number of amides is 1. The minimum atomic E-state index is 0.140. The summed E-state index contributed by atoms with van der Waals surface area (Å²) in [6.45, 7) is 1.26. The van der Waals surface area contributed by atoms with Crippen molar-refractivity contribution in [3.8, 4) is 23.0 Å². The number of carbonyl (C=O) groups excluding carboxylic acids is 1.